The van der Waals surface area contributed by atoms with Gasteiger partial charge in [0.05, 0.1) is 19.9 Å². The van der Waals surface area contributed by atoms with E-state index in [0.717, 1.165) is 30.3 Å². The number of nitrogens with zero attached hydrogens (tertiary/aromatic N) is 2. The van der Waals surface area contributed by atoms with Crippen LogP contribution in [0.4, 0.5) is 16.2 Å². The molecule has 2 heterocycles. The fourth-order valence-corrected chi connectivity index (χ4v) is 3.37. The van der Waals surface area contributed by atoms with Gasteiger partial charge in [0.1, 0.15) is 11.5 Å². The molecular formula is C20H23N3O5. The molecule has 1 N–H and O–H groups in total. The van der Waals surface area contributed by atoms with Crippen LogP contribution in [-0.2, 0) is 0 Å². The first kappa shape index (κ1) is 18.1. The summed E-state index contributed by atoms with van der Waals surface area (Å²) in [6, 6.07) is 11.0. The van der Waals surface area contributed by atoms with Crippen LogP contribution in [0.25, 0.3) is 0 Å². The maximum absolute atomic E-state index is 12.6. The van der Waals surface area contributed by atoms with E-state index in [0.29, 0.717) is 30.3 Å². The van der Waals surface area contributed by atoms with Gasteiger partial charge in [-0.3, -0.25) is 0 Å². The summed E-state index contributed by atoms with van der Waals surface area (Å²) in [7, 11) is 3.28. The molecule has 28 heavy (non-hydrogen) atoms. The van der Waals surface area contributed by atoms with E-state index in [9.17, 15) is 4.79 Å². The number of carbonyl (C=O) groups is 1. The van der Waals surface area contributed by atoms with Crippen molar-refractivity contribution in [2.75, 3.05) is 57.4 Å². The van der Waals surface area contributed by atoms with Gasteiger partial charge in [-0.25, -0.2) is 4.79 Å². The van der Waals surface area contributed by atoms with Gasteiger partial charge in [-0.05, 0) is 24.3 Å². The van der Waals surface area contributed by atoms with Gasteiger partial charge in [0.15, 0.2) is 11.5 Å². The highest BCUT2D eigenvalue weighted by Crippen LogP contribution is 2.35. The molecule has 148 valence electrons. The zero-order valence-corrected chi connectivity index (χ0v) is 15.9. The van der Waals surface area contributed by atoms with Gasteiger partial charge < -0.3 is 34.1 Å². The van der Waals surface area contributed by atoms with Gasteiger partial charge in [-0.2, -0.15) is 0 Å². The summed E-state index contributed by atoms with van der Waals surface area (Å²) in [6.45, 7) is 2.88. The fourth-order valence-electron chi connectivity index (χ4n) is 3.37. The lowest BCUT2D eigenvalue weighted by Crippen LogP contribution is -2.50. The van der Waals surface area contributed by atoms with Crippen LogP contribution in [0, 0.1) is 0 Å². The molecule has 1 saturated heterocycles. The molecule has 2 amide bonds. The van der Waals surface area contributed by atoms with Crippen LogP contribution < -0.4 is 29.2 Å². The number of rotatable bonds is 4. The molecule has 2 aliphatic rings. The number of carbonyl (C=O) groups excluding carboxylic acids is 1. The second-order valence-electron chi connectivity index (χ2n) is 6.51. The summed E-state index contributed by atoms with van der Waals surface area (Å²) in [4.78, 5) is 16.6. The van der Waals surface area contributed by atoms with Crippen LogP contribution in [0.5, 0.6) is 23.0 Å². The molecule has 2 aromatic rings. The van der Waals surface area contributed by atoms with Crippen molar-refractivity contribution in [1.82, 2.24) is 4.90 Å². The number of fused-ring (bicyclic) bond motifs is 1. The minimum atomic E-state index is -0.125. The van der Waals surface area contributed by atoms with E-state index in [1.807, 2.05) is 24.3 Å². The molecule has 8 heteroatoms. The quantitative estimate of drug-likeness (QED) is 0.873. The van der Waals surface area contributed by atoms with Gasteiger partial charge in [0, 0.05) is 44.0 Å². The number of urea groups is 1. The van der Waals surface area contributed by atoms with Crippen LogP contribution in [0.1, 0.15) is 0 Å². The van der Waals surface area contributed by atoms with Crippen molar-refractivity contribution in [1.29, 1.82) is 0 Å². The van der Waals surface area contributed by atoms with Crippen molar-refractivity contribution in [3.05, 3.63) is 36.4 Å². The zero-order valence-electron chi connectivity index (χ0n) is 15.9. The normalized spacial score (nSPS) is 15.4. The third-order valence-corrected chi connectivity index (χ3v) is 4.92. The van der Waals surface area contributed by atoms with Crippen LogP contribution in [0.15, 0.2) is 36.4 Å². The predicted molar refractivity (Wildman–Crippen MR) is 105 cm³/mol. The Labute approximate surface area is 163 Å². The maximum Gasteiger partial charge on any atom is 0.321 e. The molecule has 2 aromatic carbocycles. The van der Waals surface area contributed by atoms with Crippen molar-refractivity contribution < 1.29 is 23.7 Å². The molecule has 0 atom stereocenters. The average Bonchev–Trinajstić information content (AvgIpc) is 3.21. The number of anilines is 2. The Hall–Kier alpha value is -3.29. The number of piperazine rings is 1. The predicted octanol–water partition coefficient (Wildman–Crippen LogP) is 2.79. The molecule has 4 rings (SSSR count). The monoisotopic (exact) mass is 385 g/mol. The average molecular weight is 385 g/mol. The lowest BCUT2D eigenvalue weighted by molar-refractivity contribution is 0.174. The maximum atomic E-state index is 12.6. The second kappa shape index (κ2) is 7.75. The fraction of sp³-hybridized carbons (Fsp3) is 0.350. The first-order valence-corrected chi connectivity index (χ1v) is 9.10. The highest BCUT2D eigenvalue weighted by Gasteiger charge is 2.24. The number of hydrogen-bond donors (Lipinski definition) is 1. The van der Waals surface area contributed by atoms with Crippen molar-refractivity contribution in [3.8, 4) is 23.0 Å². The van der Waals surface area contributed by atoms with E-state index < -0.39 is 0 Å². The third kappa shape index (κ3) is 3.58. The Kier molecular flexibility index (Phi) is 5.01. The van der Waals surface area contributed by atoms with Crippen LogP contribution in [-0.4, -0.2) is 58.1 Å². The number of amides is 2. The standard InChI is InChI=1S/C20H23N3O5/c1-25-15-4-5-16(18(12-15)26-2)22-7-9-23(10-8-22)20(24)21-14-3-6-17-19(11-14)28-13-27-17/h3-6,11-12H,7-10,13H2,1-2H3,(H,21,24). The minimum Gasteiger partial charge on any atom is -0.497 e. The molecule has 0 unspecified atom stereocenters. The zero-order chi connectivity index (χ0) is 19.5. The molecule has 0 spiro atoms. The van der Waals surface area contributed by atoms with Gasteiger partial charge in [-0.15, -0.1) is 0 Å². The summed E-state index contributed by atoms with van der Waals surface area (Å²) in [5.74, 6) is 2.86. The Morgan fingerprint density at radius 3 is 2.50 bits per heavy atom. The van der Waals surface area contributed by atoms with Crippen LogP contribution >= 0.6 is 0 Å². The second-order valence-corrected chi connectivity index (χ2v) is 6.51. The largest absolute Gasteiger partial charge is 0.497 e. The Morgan fingerprint density at radius 1 is 0.964 bits per heavy atom. The van der Waals surface area contributed by atoms with E-state index >= 15 is 0 Å². The van der Waals surface area contributed by atoms with Crippen molar-refractivity contribution in [2.45, 2.75) is 0 Å². The molecule has 2 aliphatic heterocycles. The van der Waals surface area contributed by atoms with E-state index in [1.165, 1.54) is 0 Å². The van der Waals surface area contributed by atoms with Crippen molar-refractivity contribution >= 4 is 17.4 Å². The Balaban J connectivity index is 1.37. The smallest absolute Gasteiger partial charge is 0.321 e. The topological polar surface area (TPSA) is 72.5 Å². The van der Waals surface area contributed by atoms with E-state index in [2.05, 4.69) is 10.2 Å². The molecular weight excluding hydrogens is 362 g/mol. The van der Waals surface area contributed by atoms with Gasteiger partial charge in [0.25, 0.3) is 0 Å². The summed E-state index contributed by atoms with van der Waals surface area (Å²) in [5.41, 5.74) is 1.69. The summed E-state index contributed by atoms with van der Waals surface area (Å²) in [6.07, 6.45) is 0. The summed E-state index contributed by atoms with van der Waals surface area (Å²) in [5, 5.41) is 2.93. The number of ether oxygens (including phenoxy) is 4. The molecule has 0 radical (unpaired) electrons. The van der Waals surface area contributed by atoms with Gasteiger partial charge in [-0.1, -0.05) is 0 Å². The summed E-state index contributed by atoms with van der Waals surface area (Å²) >= 11 is 0. The molecule has 1 fully saturated rings. The summed E-state index contributed by atoms with van der Waals surface area (Å²) < 4.78 is 21.4. The van der Waals surface area contributed by atoms with E-state index in [1.54, 1.807) is 31.3 Å². The van der Waals surface area contributed by atoms with Gasteiger partial charge in [0.2, 0.25) is 6.79 Å². The Morgan fingerprint density at radius 2 is 1.75 bits per heavy atom. The lowest BCUT2D eigenvalue weighted by Gasteiger charge is -2.36. The number of nitrogens with one attached hydrogen (secondary N) is 1. The highest BCUT2D eigenvalue weighted by atomic mass is 16.7. The number of hydrogen-bond acceptors (Lipinski definition) is 6. The first-order chi connectivity index (χ1) is 13.7. The lowest BCUT2D eigenvalue weighted by atomic mass is 10.2. The SMILES string of the molecule is COc1ccc(N2CCN(C(=O)Nc3ccc4c(c3)OCO4)CC2)c(OC)c1. The molecule has 0 aromatic heterocycles. The van der Waals surface area contributed by atoms with Crippen LogP contribution in [0.3, 0.4) is 0 Å². The van der Waals surface area contributed by atoms with E-state index in [-0.39, 0.29) is 12.8 Å². The first-order valence-electron chi connectivity index (χ1n) is 9.10. The molecule has 0 bridgehead atoms. The molecule has 0 saturated carbocycles. The van der Waals surface area contributed by atoms with Crippen molar-refractivity contribution in [2.24, 2.45) is 0 Å². The van der Waals surface area contributed by atoms with E-state index in [4.69, 9.17) is 18.9 Å². The molecule has 0 aliphatic carbocycles. The highest BCUT2D eigenvalue weighted by molar-refractivity contribution is 5.90. The van der Waals surface area contributed by atoms with Crippen LogP contribution in [0.2, 0.25) is 0 Å². The van der Waals surface area contributed by atoms with Crippen molar-refractivity contribution in [3.63, 3.8) is 0 Å². The van der Waals surface area contributed by atoms with Gasteiger partial charge >= 0.3 is 6.03 Å². The number of methoxy groups -OCH3 is 2. The Bertz CT molecular complexity index is 865. The minimum absolute atomic E-state index is 0.125. The molecule has 8 nitrogen and oxygen atoms in total. The number of benzene rings is 2. The third-order valence-electron chi connectivity index (χ3n) is 4.92.